The summed E-state index contributed by atoms with van der Waals surface area (Å²) in [6.07, 6.45) is 0.519. The lowest BCUT2D eigenvalue weighted by molar-refractivity contribution is -0.165. The second-order valence-corrected chi connectivity index (χ2v) is 13.8. The van der Waals surface area contributed by atoms with Crippen LogP contribution in [0.3, 0.4) is 0 Å². The Morgan fingerprint density at radius 1 is 0.550 bits per heavy atom. The molecule has 2 atom stereocenters. The van der Waals surface area contributed by atoms with Crippen molar-refractivity contribution in [3.8, 4) is 0 Å². The number of ether oxygens (including phenoxy) is 4. The van der Waals surface area contributed by atoms with Gasteiger partial charge >= 0.3 is 35.8 Å². The Bertz CT molecular complexity index is 1570. The van der Waals surface area contributed by atoms with E-state index in [0.29, 0.717) is 24.2 Å². The van der Waals surface area contributed by atoms with E-state index in [0.717, 1.165) is 11.1 Å². The van der Waals surface area contributed by atoms with E-state index in [1.165, 1.54) is 21.1 Å². The molecule has 0 saturated heterocycles. The van der Waals surface area contributed by atoms with Crippen LogP contribution in [-0.2, 0) is 60.9 Å². The third-order valence-corrected chi connectivity index (χ3v) is 7.81. The zero-order valence-electron chi connectivity index (χ0n) is 33.4. The molecule has 0 aromatic heterocycles. The van der Waals surface area contributed by atoms with Crippen molar-refractivity contribution in [1.82, 2.24) is 0 Å². The molecule has 0 aliphatic rings. The Labute approximate surface area is 364 Å². The largest absolute Gasteiger partial charge is 0.481 e. The van der Waals surface area contributed by atoms with Crippen LogP contribution in [0.15, 0.2) is 97.1 Å². The fourth-order valence-electron chi connectivity index (χ4n) is 4.66. The lowest BCUT2D eigenvalue weighted by Crippen LogP contribution is -2.43. The van der Waals surface area contributed by atoms with Crippen LogP contribution in [0.5, 0.6) is 0 Å². The Balaban J connectivity index is -0.000000118. The molecular weight excluding hydrogens is 769 g/mol. The number of carbonyl (C=O) groups excluding carboxylic acids is 4. The van der Waals surface area contributed by atoms with Gasteiger partial charge in [0.05, 0.1) is 30.5 Å². The molecule has 2 aromatic rings. The first-order valence-corrected chi connectivity index (χ1v) is 16.9. The summed E-state index contributed by atoms with van der Waals surface area (Å²) in [6, 6.07) is 18.9. The van der Waals surface area contributed by atoms with Crippen molar-refractivity contribution in [3.05, 3.63) is 108 Å². The molecule has 2 unspecified atom stereocenters. The quantitative estimate of drug-likeness (QED) is 0.0985. The molecule has 60 heavy (non-hydrogen) atoms. The minimum absolute atomic E-state index is 0. The highest BCUT2D eigenvalue weighted by Gasteiger charge is 2.49. The van der Waals surface area contributed by atoms with Gasteiger partial charge in [-0.25, -0.2) is 14.4 Å². The zero-order valence-corrected chi connectivity index (χ0v) is 33.4. The van der Waals surface area contributed by atoms with Gasteiger partial charge in [0.2, 0.25) is 0 Å². The maximum atomic E-state index is 12.8. The summed E-state index contributed by atoms with van der Waals surface area (Å²) in [4.78, 5) is 67.8. The molecule has 0 saturated carbocycles. The number of aliphatic carboxylic acids is 2. The van der Waals surface area contributed by atoms with E-state index < -0.39 is 40.1 Å². The average Bonchev–Trinajstić information content (AvgIpc) is 3.13. The van der Waals surface area contributed by atoms with Crippen molar-refractivity contribution in [1.29, 1.82) is 0 Å². The van der Waals surface area contributed by atoms with Gasteiger partial charge in [-0.1, -0.05) is 132 Å². The first kappa shape index (κ1) is 72.1. The zero-order chi connectivity index (χ0) is 42.3. The summed E-state index contributed by atoms with van der Waals surface area (Å²) in [7, 11) is 2.61. The van der Waals surface area contributed by atoms with Gasteiger partial charge in [0.25, 0.3) is 0 Å². The number of carboxylic acids is 2. The van der Waals surface area contributed by atoms with Gasteiger partial charge < -0.3 is 29.2 Å². The van der Waals surface area contributed by atoms with Crippen molar-refractivity contribution in [3.63, 3.8) is 0 Å². The highest BCUT2D eigenvalue weighted by atomic mass is 16.5. The van der Waals surface area contributed by atoms with Crippen molar-refractivity contribution >= 4 is 35.8 Å². The Morgan fingerprint density at radius 2 is 0.917 bits per heavy atom. The maximum absolute atomic E-state index is 12.8. The second-order valence-electron chi connectivity index (χ2n) is 13.8. The Morgan fingerprint density at radius 3 is 1.18 bits per heavy atom. The lowest BCUT2D eigenvalue weighted by atomic mass is 9.65. The number of rotatable bonds is 15. The van der Waals surface area contributed by atoms with Crippen molar-refractivity contribution in [2.24, 2.45) is 16.2 Å². The summed E-state index contributed by atoms with van der Waals surface area (Å²) in [5.74, 6) is -3.61. The van der Waals surface area contributed by atoms with Crippen LogP contribution in [0.4, 0.5) is 0 Å². The van der Waals surface area contributed by atoms with Crippen LogP contribution in [0.25, 0.3) is 0 Å². The summed E-state index contributed by atoms with van der Waals surface area (Å²) in [5, 5.41) is 17.8. The van der Waals surface area contributed by atoms with E-state index in [1.54, 1.807) is 41.5 Å². The minimum Gasteiger partial charge on any atom is -0.481 e. The van der Waals surface area contributed by atoms with E-state index in [-0.39, 0.29) is 81.5 Å². The van der Waals surface area contributed by atoms with E-state index in [4.69, 9.17) is 19.3 Å². The fourth-order valence-corrected chi connectivity index (χ4v) is 4.66. The van der Waals surface area contributed by atoms with Crippen LogP contribution < -0.4 is 0 Å². The molecule has 12 nitrogen and oxygen atoms in total. The van der Waals surface area contributed by atoms with Crippen LogP contribution in [-0.4, -0.2) is 60.2 Å². The molecule has 0 amide bonds. The van der Waals surface area contributed by atoms with Crippen LogP contribution in [0, 0.1) is 16.2 Å². The minimum atomic E-state index is -1.30. The molecule has 0 heterocycles. The molecule has 2 N–H and O–H groups in total. The van der Waals surface area contributed by atoms with Gasteiger partial charge in [0, 0.05) is 16.7 Å². The summed E-state index contributed by atoms with van der Waals surface area (Å²) in [6.45, 7) is 23.5. The number of methoxy groups -OCH3 is 2. The first-order chi connectivity index (χ1) is 24.9. The number of carboxylic acid groups (broad SMARTS) is 2. The first-order valence-electron chi connectivity index (χ1n) is 16.9. The summed E-state index contributed by atoms with van der Waals surface area (Å²) in [5.41, 5.74) is -0.403. The highest BCUT2D eigenvalue weighted by Crippen LogP contribution is 2.45. The normalized spacial score (nSPS) is 11.0. The number of hydrogen-bond acceptors (Lipinski definition) is 10. The van der Waals surface area contributed by atoms with E-state index in [2.05, 4.69) is 24.5 Å². The Kier molecular flexibility index (Phi) is 42.6. The van der Waals surface area contributed by atoms with Crippen LogP contribution in [0.2, 0.25) is 0 Å². The molecule has 2 aromatic carbocycles. The second kappa shape index (κ2) is 35.4. The van der Waals surface area contributed by atoms with Crippen LogP contribution in [0.1, 0.15) is 130 Å². The van der Waals surface area contributed by atoms with Crippen molar-refractivity contribution < 1.29 is 57.9 Å². The Hall–Kier alpha value is -5.52. The molecular formula is C48H82O12. The van der Waals surface area contributed by atoms with E-state index in [1.807, 2.05) is 67.6 Å². The van der Waals surface area contributed by atoms with Gasteiger partial charge in [-0.15, -0.1) is 0 Å². The molecule has 12 heteroatoms. The lowest BCUT2D eigenvalue weighted by Gasteiger charge is -2.38. The van der Waals surface area contributed by atoms with Gasteiger partial charge in [-0.2, -0.15) is 0 Å². The topological polar surface area (TPSA) is 180 Å². The van der Waals surface area contributed by atoms with Gasteiger partial charge in [0.1, 0.15) is 13.2 Å². The SMILES string of the molecule is C.C.C.C.C.C.C=C(C)C(=O)O.C=C(C)C(=O)OC.C=C(C)C(=O)OCc1ccccc1.CCC(C)(CC(C)(CC(C)(C)C(=O)OC)C(=O)O)C(=O)OCc1ccccc1. The van der Waals surface area contributed by atoms with Crippen LogP contribution >= 0.6 is 0 Å². The predicted octanol–water partition coefficient (Wildman–Crippen LogP) is 11.7. The number of esters is 4. The summed E-state index contributed by atoms with van der Waals surface area (Å²) >= 11 is 0. The molecule has 0 bridgehead atoms. The highest BCUT2D eigenvalue weighted by molar-refractivity contribution is 5.87. The molecule has 0 aliphatic carbocycles. The number of benzene rings is 2. The predicted molar refractivity (Wildman–Crippen MR) is 246 cm³/mol. The molecule has 0 fully saturated rings. The van der Waals surface area contributed by atoms with Crippen molar-refractivity contribution in [2.45, 2.75) is 132 Å². The van der Waals surface area contributed by atoms with Gasteiger partial charge in [0.15, 0.2) is 0 Å². The fraction of sp³-hybridized carbons (Fsp3) is 0.500. The molecule has 0 aliphatic heterocycles. The smallest absolute Gasteiger partial charge is 0.333 e. The van der Waals surface area contributed by atoms with Gasteiger partial charge in [-0.05, 0) is 78.9 Å². The number of carbonyl (C=O) groups is 6. The summed E-state index contributed by atoms with van der Waals surface area (Å²) < 4.78 is 19.5. The maximum Gasteiger partial charge on any atom is 0.333 e. The molecule has 0 spiro atoms. The van der Waals surface area contributed by atoms with Crippen molar-refractivity contribution in [2.75, 3.05) is 14.2 Å². The molecule has 2 rings (SSSR count). The number of hydrogen-bond donors (Lipinski definition) is 2. The molecule has 346 valence electrons. The standard InChI is InChI=1S/C22H32O6.C11H12O2.C5H8O2.C4H6O2.6CH4/c1-7-21(4,19(26)28-13-16-11-9-8-10-12-16)15-22(5,17(23)24)14-20(2,3)18(25)27-6;1-9(2)11(12)13-8-10-6-4-3-5-7-10;1-4(2)5(6)7-3;1-3(2)4(5)6;;;;;;/h8-12H,7,13-15H2,1-6H3,(H,23,24);3-7H,1,8H2,2H3;1H2,2-3H3;1H2,2H3,(H,5,6);6*1H4. The average molecular weight is 851 g/mol. The molecule has 0 radical (unpaired) electrons. The third-order valence-electron chi connectivity index (χ3n) is 7.81. The monoisotopic (exact) mass is 851 g/mol. The van der Waals surface area contributed by atoms with Gasteiger partial charge in [-0.3, -0.25) is 14.4 Å². The van der Waals surface area contributed by atoms with E-state index >= 15 is 0 Å². The third kappa shape index (κ3) is 28.8. The van der Waals surface area contributed by atoms with E-state index in [9.17, 15) is 33.9 Å².